The highest BCUT2D eigenvalue weighted by Gasteiger charge is 2.15. The predicted octanol–water partition coefficient (Wildman–Crippen LogP) is 4.29. The summed E-state index contributed by atoms with van der Waals surface area (Å²) in [6, 6.07) is 8.46. The third-order valence-electron chi connectivity index (χ3n) is 4.25. The minimum atomic E-state index is -0.226. The Morgan fingerprint density at radius 3 is 2.32 bits per heavy atom. The SMILES string of the molecule is CCCCCN(CCC(=O)OCC)C(=O)CCCc1ccc(C)cc1. The first kappa shape index (κ1) is 21.2. The van der Waals surface area contributed by atoms with Crippen molar-refractivity contribution in [1.29, 1.82) is 0 Å². The van der Waals surface area contributed by atoms with Gasteiger partial charge in [0, 0.05) is 19.5 Å². The Bertz CT molecular complexity index is 510. The maximum atomic E-state index is 12.5. The van der Waals surface area contributed by atoms with Gasteiger partial charge in [-0.05, 0) is 38.7 Å². The van der Waals surface area contributed by atoms with E-state index < -0.39 is 0 Å². The molecule has 4 nitrogen and oxygen atoms in total. The van der Waals surface area contributed by atoms with Crippen molar-refractivity contribution in [3.8, 4) is 0 Å². The number of hydrogen-bond donors (Lipinski definition) is 0. The van der Waals surface area contributed by atoms with Crippen LogP contribution in [-0.2, 0) is 20.7 Å². The first-order valence-corrected chi connectivity index (χ1v) is 9.55. The minimum absolute atomic E-state index is 0.146. The van der Waals surface area contributed by atoms with Gasteiger partial charge in [0.2, 0.25) is 5.91 Å². The van der Waals surface area contributed by atoms with E-state index in [0.717, 1.165) is 38.6 Å². The number of hydrogen-bond acceptors (Lipinski definition) is 3. The van der Waals surface area contributed by atoms with Gasteiger partial charge in [-0.3, -0.25) is 9.59 Å². The number of carbonyl (C=O) groups is 2. The summed E-state index contributed by atoms with van der Waals surface area (Å²) in [6.07, 6.45) is 5.77. The molecule has 0 aliphatic carbocycles. The second-order valence-corrected chi connectivity index (χ2v) is 6.48. The van der Waals surface area contributed by atoms with E-state index in [2.05, 4.69) is 38.1 Å². The molecular weight excluding hydrogens is 314 g/mol. The van der Waals surface area contributed by atoms with Crippen molar-refractivity contribution in [3.63, 3.8) is 0 Å². The Kier molecular flexibility index (Phi) is 10.6. The molecule has 25 heavy (non-hydrogen) atoms. The molecule has 0 bridgehead atoms. The van der Waals surface area contributed by atoms with E-state index >= 15 is 0 Å². The largest absolute Gasteiger partial charge is 0.466 e. The van der Waals surface area contributed by atoms with Gasteiger partial charge in [0.05, 0.1) is 13.0 Å². The maximum Gasteiger partial charge on any atom is 0.307 e. The van der Waals surface area contributed by atoms with E-state index in [0.29, 0.717) is 19.6 Å². The van der Waals surface area contributed by atoms with Crippen LogP contribution in [0.4, 0.5) is 0 Å². The Morgan fingerprint density at radius 2 is 1.68 bits per heavy atom. The lowest BCUT2D eigenvalue weighted by molar-refractivity contribution is -0.144. The monoisotopic (exact) mass is 347 g/mol. The zero-order valence-electron chi connectivity index (χ0n) is 16.1. The van der Waals surface area contributed by atoms with E-state index in [1.165, 1.54) is 11.1 Å². The van der Waals surface area contributed by atoms with Crippen molar-refractivity contribution in [2.75, 3.05) is 19.7 Å². The number of unbranched alkanes of at least 4 members (excludes halogenated alkanes) is 2. The third kappa shape index (κ3) is 9.28. The lowest BCUT2D eigenvalue weighted by atomic mass is 10.1. The van der Waals surface area contributed by atoms with Gasteiger partial charge < -0.3 is 9.64 Å². The second-order valence-electron chi connectivity index (χ2n) is 6.48. The number of benzene rings is 1. The Labute approximate surface area is 152 Å². The van der Waals surface area contributed by atoms with Crippen molar-refractivity contribution in [2.45, 2.75) is 65.7 Å². The fraction of sp³-hybridized carbons (Fsp3) is 0.619. The summed E-state index contributed by atoms with van der Waals surface area (Å²) in [7, 11) is 0. The highest BCUT2D eigenvalue weighted by molar-refractivity contribution is 5.77. The van der Waals surface area contributed by atoms with Crippen LogP contribution in [-0.4, -0.2) is 36.5 Å². The molecule has 0 fully saturated rings. The van der Waals surface area contributed by atoms with Crippen LogP contribution >= 0.6 is 0 Å². The molecular formula is C21H33NO3. The number of carbonyl (C=O) groups excluding carboxylic acids is 2. The van der Waals surface area contributed by atoms with Crippen LogP contribution in [0.3, 0.4) is 0 Å². The summed E-state index contributed by atoms with van der Waals surface area (Å²) >= 11 is 0. The number of esters is 1. The first-order valence-electron chi connectivity index (χ1n) is 9.55. The number of amides is 1. The fourth-order valence-corrected chi connectivity index (χ4v) is 2.73. The van der Waals surface area contributed by atoms with Crippen LogP contribution in [0.1, 0.15) is 63.5 Å². The Balaban J connectivity index is 2.43. The Hall–Kier alpha value is -1.84. The van der Waals surface area contributed by atoms with E-state index in [4.69, 9.17) is 4.74 Å². The zero-order chi connectivity index (χ0) is 18.5. The Morgan fingerprint density at radius 1 is 0.960 bits per heavy atom. The van der Waals surface area contributed by atoms with Crippen LogP contribution < -0.4 is 0 Å². The van der Waals surface area contributed by atoms with Gasteiger partial charge in [-0.15, -0.1) is 0 Å². The van der Waals surface area contributed by atoms with Crippen LogP contribution in [0.5, 0.6) is 0 Å². The average molecular weight is 347 g/mol. The predicted molar refractivity (Wildman–Crippen MR) is 101 cm³/mol. The van der Waals surface area contributed by atoms with Gasteiger partial charge >= 0.3 is 5.97 Å². The van der Waals surface area contributed by atoms with Gasteiger partial charge in [0.1, 0.15) is 0 Å². The summed E-state index contributed by atoms with van der Waals surface area (Å²) in [5.41, 5.74) is 2.52. The number of rotatable bonds is 12. The van der Waals surface area contributed by atoms with Crippen molar-refractivity contribution in [2.24, 2.45) is 0 Å². The minimum Gasteiger partial charge on any atom is -0.466 e. The van der Waals surface area contributed by atoms with E-state index in [1.54, 1.807) is 6.92 Å². The summed E-state index contributed by atoms with van der Waals surface area (Å²) in [6.45, 7) is 7.60. The molecule has 0 spiro atoms. The summed E-state index contributed by atoms with van der Waals surface area (Å²) in [5.74, 6) is -0.0806. The molecule has 1 rings (SSSR count). The van der Waals surface area contributed by atoms with E-state index in [9.17, 15) is 9.59 Å². The number of aryl methyl sites for hydroxylation is 2. The molecule has 0 N–H and O–H groups in total. The van der Waals surface area contributed by atoms with E-state index in [-0.39, 0.29) is 18.3 Å². The highest BCUT2D eigenvalue weighted by Crippen LogP contribution is 2.10. The van der Waals surface area contributed by atoms with Gasteiger partial charge in [-0.25, -0.2) is 0 Å². The molecule has 0 saturated heterocycles. The molecule has 0 unspecified atom stereocenters. The van der Waals surface area contributed by atoms with Gasteiger partial charge in [-0.1, -0.05) is 49.6 Å². The molecule has 1 amide bonds. The first-order chi connectivity index (χ1) is 12.1. The van der Waals surface area contributed by atoms with Gasteiger partial charge in [0.25, 0.3) is 0 Å². The quantitative estimate of drug-likeness (QED) is 0.418. The molecule has 0 atom stereocenters. The van der Waals surface area contributed by atoms with E-state index in [1.807, 2.05) is 4.90 Å². The standard InChI is InChI=1S/C21H33NO3/c1-4-6-7-16-22(17-15-21(24)25-5-2)20(23)10-8-9-19-13-11-18(3)12-14-19/h11-14H,4-10,15-17H2,1-3H3. The molecule has 0 radical (unpaired) electrons. The molecule has 0 aliphatic rings. The fourth-order valence-electron chi connectivity index (χ4n) is 2.73. The lowest BCUT2D eigenvalue weighted by Gasteiger charge is -2.22. The van der Waals surface area contributed by atoms with Crippen LogP contribution in [0.2, 0.25) is 0 Å². The smallest absolute Gasteiger partial charge is 0.307 e. The molecule has 0 saturated carbocycles. The molecule has 1 aromatic carbocycles. The van der Waals surface area contributed by atoms with Crippen LogP contribution in [0.15, 0.2) is 24.3 Å². The topological polar surface area (TPSA) is 46.6 Å². The summed E-state index contributed by atoms with van der Waals surface area (Å²) in [5, 5.41) is 0. The van der Waals surface area contributed by atoms with Crippen molar-refractivity contribution >= 4 is 11.9 Å². The third-order valence-corrected chi connectivity index (χ3v) is 4.25. The molecule has 0 aliphatic heterocycles. The molecule has 4 heteroatoms. The van der Waals surface area contributed by atoms with Crippen LogP contribution in [0.25, 0.3) is 0 Å². The van der Waals surface area contributed by atoms with Crippen molar-refractivity contribution in [1.82, 2.24) is 4.90 Å². The molecule has 0 aromatic heterocycles. The summed E-state index contributed by atoms with van der Waals surface area (Å²) in [4.78, 5) is 25.9. The van der Waals surface area contributed by atoms with Crippen molar-refractivity contribution in [3.05, 3.63) is 35.4 Å². The number of nitrogens with zero attached hydrogens (tertiary/aromatic N) is 1. The van der Waals surface area contributed by atoms with Crippen LogP contribution in [0, 0.1) is 6.92 Å². The number of ether oxygens (including phenoxy) is 1. The maximum absolute atomic E-state index is 12.5. The van der Waals surface area contributed by atoms with Crippen molar-refractivity contribution < 1.29 is 14.3 Å². The molecule has 1 aromatic rings. The molecule has 140 valence electrons. The second kappa shape index (κ2) is 12.5. The van der Waals surface area contributed by atoms with Gasteiger partial charge in [0.15, 0.2) is 0 Å². The lowest BCUT2D eigenvalue weighted by Crippen LogP contribution is -2.34. The molecule has 0 heterocycles. The van der Waals surface area contributed by atoms with Gasteiger partial charge in [-0.2, -0.15) is 0 Å². The summed E-state index contributed by atoms with van der Waals surface area (Å²) < 4.78 is 4.97. The zero-order valence-corrected chi connectivity index (χ0v) is 16.1. The average Bonchev–Trinajstić information content (AvgIpc) is 2.60. The normalized spacial score (nSPS) is 10.5. The highest BCUT2D eigenvalue weighted by atomic mass is 16.5.